The number of sulfone groups is 1. The highest BCUT2D eigenvalue weighted by Gasteiger charge is 2.36. The molecule has 3 rings (SSSR count). The summed E-state index contributed by atoms with van der Waals surface area (Å²) in [5.74, 6) is 0. The number of rotatable bonds is 5. The van der Waals surface area contributed by atoms with Gasteiger partial charge >= 0.3 is 12.4 Å². The van der Waals surface area contributed by atoms with E-state index < -0.39 is 39.4 Å². The summed E-state index contributed by atoms with van der Waals surface area (Å²) in [5.41, 5.74) is -1.08. The SMILES string of the molecule is O=S(=O)(c1ccc(-c2c(Cl)cccc2C(F)(F)F)cc1)C1CCCN(CCC(F)(F)F)C1. The van der Waals surface area contributed by atoms with Crippen LogP contribution in [0, 0.1) is 0 Å². The van der Waals surface area contributed by atoms with Crippen LogP contribution in [0.2, 0.25) is 5.02 Å². The summed E-state index contributed by atoms with van der Waals surface area (Å²) in [6.07, 6.45) is -9.25. The predicted octanol–water partition coefficient (Wildman–Crippen LogP) is 6.22. The summed E-state index contributed by atoms with van der Waals surface area (Å²) in [5, 5.41) is -1.01. The van der Waals surface area contributed by atoms with E-state index in [1.165, 1.54) is 41.3 Å². The van der Waals surface area contributed by atoms with E-state index in [0.717, 1.165) is 6.07 Å². The molecule has 1 heterocycles. The van der Waals surface area contributed by atoms with Crippen LogP contribution in [0.5, 0.6) is 0 Å². The molecular formula is C21H20ClF6NO2S. The van der Waals surface area contributed by atoms with Crippen LogP contribution < -0.4 is 0 Å². The normalized spacial score (nSPS) is 18.7. The zero-order valence-electron chi connectivity index (χ0n) is 16.7. The first-order valence-electron chi connectivity index (χ1n) is 9.78. The van der Waals surface area contributed by atoms with Gasteiger partial charge in [-0.1, -0.05) is 29.8 Å². The fraction of sp³-hybridized carbons (Fsp3) is 0.429. The largest absolute Gasteiger partial charge is 0.417 e. The molecule has 1 saturated heterocycles. The van der Waals surface area contributed by atoms with E-state index in [0.29, 0.717) is 19.4 Å². The molecule has 11 heteroatoms. The van der Waals surface area contributed by atoms with Crippen molar-refractivity contribution < 1.29 is 34.8 Å². The van der Waals surface area contributed by atoms with Gasteiger partial charge in [0, 0.05) is 23.7 Å². The van der Waals surface area contributed by atoms with Gasteiger partial charge in [-0.05, 0) is 49.2 Å². The molecule has 1 fully saturated rings. The molecule has 0 radical (unpaired) electrons. The second-order valence-corrected chi connectivity index (χ2v) is 10.3. The number of hydrogen-bond donors (Lipinski definition) is 0. The second kappa shape index (κ2) is 9.23. The van der Waals surface area contributed by atoms with E-state index in [9.17, 15) is 34.8 Å². The summed E-state index contributed by atoms with van der Waals surface area (Å²) in [6.45, 7) is 0.0812. The highest BCUT2D eigenvalue weighted by Crippen LogP contribution is 2.41. The monoisotopic (exact) mass is 499 g/mol. The first-order valence-corrected chi connectivity index (χ1v) is 11.7. The number of hydrogen-bond acceptors (Lipinski definition) is 3. The Morgan fingerprint density at radius 3 is 2.25 bits per heavy atom. The van der Waals surface area contributed by atoms with Crippen molar-refractivity contribution in [1.82, 2.24) is 4.90 Å². The average molecular weight is 500 g/mol. The quantitative estimate of drug-likeness (QED) is 0.459. The van der Waals surface area contributed by atoms with Crippen molar-refractivity contribution in [3.63, 3.8) is 0 Å². The second-order valence-electron chi connectivity index (χ2n) is 7.66. The Labute approximate surface area is 186 Å². The summed E-state index contributed by atoms with van der Waals surface area (Å²) in [7, 11) is -3.87. The molecule has 3 nitrogen and oxygen atoms in total. The van der Waals surface area contributed by atoms with Crippen LogP contribution >= 0.6 is 11.6 Å². The van der Waals surface area contributed by atoms with Crippen LogP contribution in [0.25, 0.3) is 11.1 Å². The Morgan fingerprint density at radius 2 is 1.66 bits per heavy atom. The summed E-state index contributed by atoms with van der Waals surface area (Å²) in [6, 6.07) is 8.33. The highest BCUT2D eigenvalue weighted by atomic mass is 35.5. The summed E-state index contributed by atoms with van der Waals surface area (Å²) in [4.78, 5) is 1.39. The number of alkyl halides is 6. The lowest BCUT2D eigenvalue weighted by molar-refractivity contribution is -0.138. The Bertz CT molecular complexity index is 1050. The number of halogens is 7. The Hall–Kier alpha value is -1.78. The Balaban J connectivity index is 1.83. The maximum atomic E-state index is 13.4. The molecule has 0 aromatic heterocycles. The van der Waals surface area contributed by atoms with Gasteiger partial charge in [0.2, 0.25) is 0 Å². The minimum absolute atomic E-state index is 0.0249. The van der Waals surface area contributed by atoms with Gasteiger partial charge in [-0.2, -0.15) is 26.3 Å². The Morgan fingerprint density at radius 1 is 1.00 bits per heavy atom. The van der Waals surface area contributed by atoms with Crippen molar-refractivity contribution >= 4 is 21.4 Å². The molecule has 2 aromatic carbocycles. The van der Waals surface area contributed by atoms with Gasteiger partial charge in [-0.25, -0.2) is 8.42 Å². The third-order valence-electron chi connectivity index (χ3n) is 5.40. The molecule has 0 amide bonds. The topological polar surface area (TPSA) is 37.4 Å². The molecule has 32 heavy (non-hydrogen) atoms. The van der Waals surface area contributed by atoms with E-state index in [-0.39, 0.29) is 34.1 Å². The molecule has 0 bridgehead atoms. The van der Waals surface area contributed by atoms with Crippen LogP contribution in [-0.4, -0.2) is 44.4 Å². The molecule has 0 N–H and O–H groups in total. The standard InChI is InChI=1S/C21H20ClF6NO2S/c22-18-5-1-4-17(21(26,27)28)19(18)14-6-8-15(9-7-14)32(30,31)16-3-2-11-29(13-16)12-10-20(23,24)25/h1,4-9,16H,2-3,10-13H2. The van der Waals surface area contributed by atoms with Crippen LogP contribution in [0.1, 0.15) is 24.8 Å². The lowest BCUT2D eigenvalue weighted by Crippen LogP contribution is -2.43. The maximum Gasteiger partial charge on any atom is 0.417 e. The number of nitrogens with zero attached hydrogens (tertiary/aromatic N) is 1. The smallest absolute Gasteiger partial charge is 0.302 e. The van der Waals surface area contributed by atoms with Crippen molar-refractivity contribution in [3.8, 4) is 11.1 Å². The third-order valence-corrected chi connectivity index (χ3v) is 7.91. The van der Waals surface area contributed by atoms with E-state index in [4.69, 9.17) is 11.6 Å². The molecular weight excluding hydrogens is 480 g/mol. The van der Waals surface area contributed by atoms with E-state index >= 15 is 0 Å². The van der Waals surface area contributed by atoms with Crippen LogP contribution in [0.15, 0.2) is 47.4 Å². The van der Waals surface area contributed by atoms with E-state index in [2.05, 4.69) is 0 Å². The highest BCUT2D eigenvalue weighted by molar-refractivity contribution is 7.92. The molecule has 1 atom stereocenters. The van der Waals surface area contributed by atoms with Crippen molar-refractivity contribution in [2.45, 2.75) is 41.8 Å². The van der Waals surface area contributed by atoms with Crippen LogP contribution in [0.4, 0.5) is 26.3 Å². The first kappa shape index (κ1) is 24.9. The zero-order chi connectivity index (χ0) is 23.7. The molecule has 1 unspecified atom stereocenters. The van der Waals surface area contributed by atoms with Gasteiger partial charge < -0.3 is 4.90 Å². The van der Waals surface area contributed by atoms with Crippen molar-refractivity contribution in [1.29, 1.82) is 0 Å². The maximum absolute atomic E-state index is 13.4. The molecule has 1 aliphatic heterocycles. The van der Waals surface area contributed by atoms with Gasteiger partial charge in [-0.15, -0.1) is 0 Å². The Kier molecular flexibility index (Phi) is 7.17. The van der Waals surface area contributed by atoms with Gasteiger partial charge in [0.1, 0.15) is 0 Å². The van der Waals surface area contributed by atoms with Gasteiger partial charge in [0.15, 0.2) is 9.84 Å². The van der Waals surface area contributed by atoms with Gasteiger partial charge in [-0.3, -0.25) is 0 Å². The van der Waals surface area contributed by atoms with Crippen molar-refractivity contribution in [2.24, 2.45) is 0 Å². The lowest BCUT2D eigenvalue weighted by Gasteiger charge is -2.32. The number of piperidine rings is 1. The fourth-order valence-corrected chi connectivity index (χ4v) is 5.88. The van der Waals surface area contributed by atoms with Crippen LogP contribution in [-0.2, 0) is 16.0 Å². The molecule has 176 valence electrons. The molecule has 0 spiro atoms. The van der Waals surface area contributed by atoms with E-state index in [1.54, 1.807) is 0 Å². The molecule has 1 aliphatic rings. The minimum Gasteiger partial charge on any atom is -0.302 e. The van der Waals surface area contributed by atoms with Gasteiger partial charge in [0.25, 0.3) is 0 Å². The number of benzene rings is 2. The van der Waals surface area contributed by atoms with Gasteiger partial charge in [0.05, 0.1) is 22.1 Å². The fourth-order valence-electron chi connectivity index (χ4n) is 3.81. The summed E-state index contributed by atoms with van der Waals surface area (Å²) < 4.78 is 104. The molecule has 0 aliphatic carbocycles. The lowest BCUT2D eigenvalue weighted by atomic mass is 9.99. The van der Waals surface area contributed by atoms with E-state index in [1.807, 2.05) is 0 Å². The minimum atomic E-state index is -4.65. The zero-order valence-corrected chi connectivity index (χ0v) is 18.3. The molecule has 0 saturated carbocycles. The van der Waals surface area contributed by atoms with Crippen LogP contribution in [0.3, 0.4) is 0 Å². The third kappa shape index (κ3) is 5.77. The number of likely N-dealkylation sites (tertiary alicyclic amines) is 1. The first-order chi connectivity index (χ1) is 14.8. The summed E-state index contributed by atoms with van der Waals surface area (Å²) >= 11 is 6.00. The van der Waals surface area contributed by atoms with Crippen molar-refractivity contribution in [2.75, 3.05) is 19.6 Å². The van der Waals surface area contributed by atoms with Crippen molar-refractivity contribution in [3.05, 3.63) is 53.1 Å². The molecule has 2 aromatic rings. The average Bonchev–Trinajstić information content (AvgIpc) is 2.71. The predicted molar refractivity (Wildman–Crippen MR) is 109 cm³/mol.